The number of methoxy groups -OCH3 is 2. The summed E-state index contributed by atoms with van der Waals surface area (Å²) in [4.78, 5) is 76.3. The van der Waals surface area contributed by atoms with E-state index in [-0.39, 0.29) is 45.5 Å². The van der Waals surface area contributed by atoms with Crippen LogP contribution in [-0.2, 0) is 17.4 Å². The van der Waals surface area contributed by atoms with Gasteiger partial charge in [-0.05, 0) is 161 Å². The van der Waals surface area contributed by atoms with E-state index in [1.165, 1.54) is 44.3 Å². The molecule has 16 heteroatoms. The van der Waals surface area contributed by atoms with Gasteiger partial charge in [-0.25, -0.2) is 0 Å². The van der Waals surface area contributed by atoms with Crippen LogP contribution in [0.4, 0.5) is 0 Å². The molecule has 10 aliphatic rings. The second kappa shape index (κ2) is 19.4. The third kappa shape index (κ3) is 8.35. The number of aromatic amines is 2. The Morgan fingerprint density at radius 2 is 1.07 bits per heavy atom. The Balaban J connectivity index is 0.523. The van der Waals surface area contributed by atoms with Crippen LogP contribution in [0.15, 0.2) is 102 Å². The number of piperidine rings is 4. The van der Waals surface area contributed by atoms with Gasteiger partial charge in [0.25, 0.3) is 11.8 Å². The van der Waals surface area contributed by atoms with Crippen molar-refractivity contribution >= 4 is 45.2 Å². The lowest BCUT2D eigenvalue weighted by Crippen LogP contribution is -2.42. The molecule has 4 aromatic carbocycles. The Morgan fingerprint density at radius 1 is 0.560 bits per heavy atom. The predicted octanol–water partition coefficient (Wildman–Crippen LogP) is 8.82. The molecule has 0 radical (unpaired) electrons. The van der Waals surface area contributed by atoms with Crippen LogP contribution in [0, 0.1) is 22.7 Å². The number of nitrogens with one attached hydrogen (secondary N) is 2. The highest BCUT2D eigenvalue weighted by Gasteiger charge is 2.68. The number of benzene rings is 4. The summed E-state index contributed by atoms with van der Waals surface area (Å²) in [6.45, 7) is 13.5. The second-order valence-corrected chi connectivity index (χ2v) is 26.7. The first-order chi connectivity index (χ1) is 40.8. The zero-order valence-electron chi connectivity index (χ0n) is 48.5. The van der Waals surface area contributed by atoms with Gasteiger partial charge in [-0.2, -0.15) is 0 Å². The maximum Gasteiger partial charge on any atom is 0.274 e. The van der Waals surface area contributed by atoms with Crippen LogP contribution >= 0.6 is 0 Å². The van der Waals surface area contributed by atoms with Crippen molar-refractivity contribution in [3.8, 4) is 23.0 Å². The molecular weight excluding hydrogens is 1060 g/mol. The third-order valence-electron chi connectivity index (χ3n) is 22.0. The van der Waals surface area contributed by atoms with Gasteiger partial charge < -0.3 is 43.6 Å². The second-order valence-electron chi connectivity index (χ2n) is 26.7. The van der Waals surface area contributed by atoms with Crippen LogP contribution in [0.25, 0.3) is 21.8 Å². The largest absolute Gasteiger partial charge is 0.493 e. The number of hydrogen-bond donors (Lipinski definition) is 2. The van der Waals surface area contributed by atoms with Crippen molar-refractivity contribution in [2.45, 2.75) is 68.7 Å². The highest BCUT2D eigenvalue weighted by atomic mass is 16.5. The first-order valence-corrected chi connectivity index (χ1v) is 30.8. The van der Waals surface area contributed by atoms with E-state index in [2.05, 4.69) is 54.8 Å². The molecule has 4 unspecified atom stereocenters. The number of aromatic nitrogens is 2. The standard InChI is InChI=1S/C68H74N8O8/c1-71-16-10-65(40-71)11-17-72(18-12-65)22-24-83-59-29-43-28-54(70-51(43)31-57(59)81-2)64(80)76-39-46-36-68(46)50-26-42(8-9-48(50)56(78)34-62(68)76)37-73-19-13-66(14-20-73)15-21-74(41-66)23-25-84-60-30-44-27-53(69-52(44)32-58(60)82-3)63(79)75-38-45-35-67(45)49-7-5-4-6-47(49)55(77)33-61(67)75/h4-9,26-34,45-46,69-70H,10-25,35-41H2,1-3H3. The number of nitrogens with zero attached hydrogens (tertiary/aromatic N) is 6. The molecular formula is C68H74N8O8. The summed E-state index contributed by atoms with van der Waals surface area (Å²) in [6, 6.07) is 25.9. The molecule has 2 saturated carbocycles. The lowest BCUT2D eigenvalue weighted by molar-refractivity contribution is 0.0797. The number of carbonyl (C=O) groups is 4. The number of fused-ring (bicyclic) bond motifs is 4. The van der Waals surface area contributed by atoms with Crippen molar-refractivity contribution in [1.82, 2.24) is 39.4 Å². The summed E-state index contributed by atoms with van der Waals surface area (Å²) in [5.41, 5.74) is 9.33. The number of amides is 2. The van der Waals surface area contributed by atoms with E-state index < -0.39 is 0 Å². The fourth-order valence-corrected chi connectivity index (χ4v) is 17.1. The SMILES string of the molecule is COc1cc2[nH]c(C(=O)N3CC4CC45C3=CC(=O)c3ccc(CN4CCC6(CC4)CCN(CCOc4cc7cc(C(=O)N8CC9CC9%10C8=CC(=O)c8ccccc8%10)[nH]c7cc4OC)C6)cc35)cc2cc1OCCN1CCC2(CCN(C)C2)CC1. The first-order valence-electron chi connectivity index (χ1n) is 30.8. The first kappa shape index (κ1) is 52.3. The summed E-state index contributed by atoms with van der Waals surface area (Å²) in [5, 5.41) is 1.75. The summed E-state index contributed by atoms with van der Waals surface area (Å²) in [7, 11) is 5.54. The minimum absolute atomic E-state index is 0.0305. The zero-order chi connectivity index (χ0) is 56.9. The average molecular weight is 1130 g/mol. The molecule has 4 atom stereocenters. The number of likely N-dealkylation sites (tertiary alicyclic amines) is 6. The Bertz CT molecular complexity index is 3820. The van der Waals surface area contributed by atoms with Gasteiger partial charge in [-0.15, -0.1) is 0 Å². The number of carbonyl (C=O) groups excluding carboxylic acids is 4. The maximum absolute atomic E-state index is 14.5. The van der Waals surface area contributed by atoms with E-state index >= 15 is 0 Å². The lowest BCUT2D eigenvalue weighted by atomic mass is 9.77. The molecule has 6 saturated heterocycles. The van der Waals surface area contributed by atoms with Crippen LogP contribution in [0.3, 0.4) is 0 Å². The fourth-order valence-electron chi connectivity index (χ4n) is 17.1. The van der Waals surface area contributed by atoms with Crippen molar-refractivity contribution in [3.63, 3.8) is 0 Å². The van der Waals surface area contributed by atoms with Crippen molar-refractivity contribution in [2.75, 3.05) is 113 Å². The smallest absolute Gasteiger partial charge is 0.274 e. The quantitative estimate of drug-likeness (QED) is 0.107. The van der Waals surface area contributed by atoms with Gasteiger partial charge in [0.2, 0.25) is 0 Å². The highest BCUT2D eigenvalue weighted by molar-refractivity contribution is 6.11. The van der Waals surface area contributed by atoms with Gasteiger partial charge >= 0.3 is 0 Å². The van der Waals surface area contributed by atoms with E-state index in [1.807, 2.05) is 70.5 Å². The summed E-state index contributed by atoms with van der Waals surface area (Å²) in [6.07, 6.45) is 12.6. The molecule has 0 bridgehead atoms. The molecule has 4 spiro atoms. The number of hydrogen-bond acceptors (Lipinski definition) is 12. The Hall–Kier alpha value is -7.24. The van der Waals surface area contributed by atoms with Gasteiger partial charge in [-0.3, -0.25) is 33.9 Å². The van der Waals surface area contributed by atoms with Crippen LogP contribution in [-0.4, -0.2) is 176 Å². The van der Waals surface area contributed by atoms with Crippen LogP contribution in [0.2, 0.25) is 0 Å². The number of ketones is 2. The Morgan fingerprint density at radius 3 is 1.64 bits per heavy atom. The average Bonchev–Trinajstić information content (AvgIpc) is 1.59. The van der Waals surface area contributed by atoms with E-state index in [1.54, 1.807) is 26.4 Å². The van der Waals surface area contributed by atoms with Gasteiger partial charge in [0.15, 0.2) is 34.6 Å². The van der Waals surface area contributed by atoms with Gasteiger partial charge in [-0.1, -0.05) is 42.5 Å². The highest BCUT2D eigenvalue weighted by Crippen LogP contribution is 2.68. The fraction of sp³-hybridized carbons (Fsp3) is 0.471. The van der Waals surface area contributed by atoms with Crippen LogP contribution in [0.5, 0.6) is 23.0 Å². The Labute approximate surface area is 489 Å². The molecule has 2 N–H and O–H groups in total. The van der Waals surface area contributed by atoms with E-state index in [0.29, 0.717) is 72.0 Å². The van der Waals surface area contributed by atoms with E-state index in [4.69, 9.17) is 18.9 Å². The molecule has 84 heavy (non-hydrogen) atoms. The van der Waals surface area contributed by atoms with Gasteiger partial charge in [0.1, 0.15) is 24.6 Å². The summed E-state index contributed by atoms with van der Waals surface area (Å²) >= 11 is 0. The monoisotopic (exact) mass is 1130 g/mol. The molecule has 4 aliphatic carbocycles. The van der Waals surface area contributed by atoms with Crippen molar-refractivity contribution in [3.05, 3.63) is 142 Å². The van der Waals surface area contributed by atoms with Crippen LogP contribution in [0.1, 0.15) is 110 Å². The minimum Gasteiger partial charge on any atom is -0.493 e. The lowest BCUT2D eigenvalue weighted by Gasteiger charge is -2.39. The molecule has 2 aromatic heterocycles. The number of rotatable bonds is 14. The van der Waals surface area contributed by atoms with E-state index in [9.17, 15) is 19.2 Å². The van der Waals surface area contributed by atoms with Crippen LogP contribution < -0.4 is 18.9 Å². The van der Waals surface area contributed by atoms with Gasteiger partial charge in [0, 0.05) is 125 Å². The van der Waals surface area contributed by atoms with Crippen molar-refractivity contribution in [2.24, 2.45) is 22.7 Å². The summed E-state index contributed by atoms with van der Waals surface area (Å²) < 4.78 is 24.4. The molecule has 8 heterocycles. The summed E-state index contributed by atoms with van der Waals surface area (Å²) in [5.74, 6) is 2.83. The molecule has 16 rings (SSSR count). The number of allylic oxidation sites excluding steroid dienone is 4. The molecule has 8 fully saturated rings. The third-order valence-corrected chi connectivity index (χ3v) is 22.0. The topological polar surface area (TPSA) is 156 Å². The Kier molecular flexibility index (Phi) is 12.1. The van der Waals surface area contributed by atoms with E-state index in [0.717, 1.165) is 140 Å². The molecule has 434 valence electrons. The molecule has 6 aliphatic heterocycles. The molecule has 2 amide bonds. The number of ether oxygens (including phenoxy) is 4. The minimum atomic E-state index is -0.315. The number of H-pyrrole nitrogens is 2. The van der Waals surface area contributed by atoms with Crippen molar-refractivity contribution in [1.29, 1.82) is 0 Å². The predicted molar refractivity (Wildman–Crippen MR) is 318 cm³/mol. The maximum atomic E-state index is 14.5. The van der Waals surface area contributed by atoms with Gasteiger partial charge in [0.05, 0.1) is 14.2 Å². The normalized spacial score (nSPS) is 26.5. The zero-order valence-corrected chi connectivity index (χ0v) is 48.5. The molecule has 16 nitrogen and oxygen atoms in total. The van der Waals surface area contributed by atoms with Crippen molar-refractivity contribution < 1.29 is 38.1 Å². The molecule has 6 aromatic rings.